The zero-order valence-electron chi connectivity index (χ0n) is 31.5. The molecule has 1 unspecified atom stereocenters. The zero-order valence-corrected chi connectivity index (χ0v) is 33.1. The molecule has 1 fully saturated rings. The fourth-order valence-corrected chi connectivity index (χ4v) is 8.92. The molecular formula is C39H29ClF6N10O4S. The highest BCUT2D eigenvalue weighted by atomic mass is 35.5. The number of carbonyl (C=O) groups excluding carboxylic acids is 1. The summed E-state index contributed by atoms with van der Waals surface area (Å²) in [5.41, 5.74) is -1.66. The lowest BCUT2D eigenvalue weighted by atomic mass is 10.0. The average molecular weight is 883 g/mol. The number of hydrogen-bond acceptors (Lipinski definition) is 9. The molecule has 22 heteroatoms. The first kappa shape index (κ1) is 40.1. The van der Waals surface area contributed by atoms with Gasteiger partial charge in [0.05, 0.1) is 56.7 Å². The number of nitrogens with one attached hydrogen (secondary N) is 2. The molecule has 0 bridgehead atoms. The summed E-state index contributed by atoms with van der Waals surface area (Å²) >= 11 is 6.61. The third kappa shape index (κ3) is 7.03. The Bertz CT molecular complexity index is 3120. The first-order valence-electron chi connectivity index (χ1n) is 18.4. The SMILES string of the molecule is Cn1nc(NS(C)(=O)=O)c2c(Cl)ccc(-n3c([C@H](Cc4cc(F)cc(F)c4)NC(=O)Cn4nc(C(F)F)c5c4C(F)(F)[C@H]4CC54)nc4cc(-c5cnccn5)ccc4c3=O)c21. The van der Waals surface area contributed by atoms with Crippen molar-refractivity contribution in [3.63, 3.8) is 0 Å². The number of aryl methyl sites for hydroxylation is 1. The summed E-state index contributed by atoms with van der Waals surface area (Å²) in [7, 11) is -2.46. The van der Waals surface area contributed by atoms with Gasteiger partial charge < -0.3 is 5.32 Å². The van der Waals surface area contributed by atoms with Gasteiger partial charge in [0.1, 0.15) is 35.4 Å². The Morgan fingerprint density at radius 2 is 1.80 bits per heavy atom. The van der Waals surface area contributed by atoms with Gasteiger partial charge in [0.25, 0.3) is 17.9 Å². The summed E-state index contributed by atoms with van der Waals surface area (Å²) in [6, 6.07) is 8.42. The van der Waals surface area contributed by atoms with Crippen LogP contribution in [0.4, 0.5) is 32.2 Å². The Kier molecular flexibility index (Phi) is 9.46. The summed E-state index contributed by atoms with van der Waals surface area (Å²) in [6.07, 6.45) is 1.60. The van der Waals surface area contributed by atoms with Crippen LogP contribution < -0.4 is 15.6 Å². The molecule has 3 atom stereocenters. The molecule has 9 rings (SSSR count). The molecule has 14 nitrogen and oxygen atoms in total. The molecule has 4 heterocycles. The topological polar surface area (TPSA) is 172 Å². The van der Waals surface area contributed by atoms with Gasteiger partial charge >= 0.3 is 0 Å². The molecule has 1 saturated carbocycles. The first-order chi connectivity index (χ1) is 28.9. The second-order valence-corrected chi connectivity index (χ2v) is 17.0. The van der Waals surface area contributed by atoms with Crippen molar-refractivity contribution in [3.8, 4) is 16.9 Å². The predicted octanol–water partition coefficient (Wildman–Crippen LogP) is 6.48. The number of anilines is 1. The second-order valence-electron chi connectivity index (χ2n) is 14.8. The van der Waals surface area contributed by atoms with Gasteiger partial charge in [0.2, 0.25) is 15.9 Å². The normalized spacial score (nSPS) is 17.1. The van der Waals surface area contributed by atoms with Crippen LogP contribution in [-0.4, -0.2) is 59.7 Å². The quantitative estimate of drug-likeness (QED) is 0.138. The van der Waals surface area contributed by atoms with E-state index in [0.717, 1.165) is 23.0 Å². The summed E-state index contributed by atoms with van der Waals surface area (Å²) in [4.78, 5) is 42.3. The number of nitrogens with zero attached hydrogens (tertiary/aromatic N) is 8. The Labute approximate surface area is 345 Å². The minimum absolute atomic E-state index is 0.00591. The smallest absolute Gasteiger partial charge is 0.293 e. The van der Waals surface area contributed by atoms with Crippen molar-refractivity contribution in [2.24, 2.45) is 13.0 Å². The number of fused-ring (bicyclic) bond motifs is 5. The van der Waals surface area contributed by atoms with Crippen LogP contribution in [-0.2, 0) is 40.8 Å². The Morgan fingerprint density at radius 3 is 2.49 bits per heavy atom. The van der Waals surface area contributed by atoms with Gasteiger partial charge in [0.15, 0.2) is 5.82 Å². The second kappa shape index (κ2) is 14.4. The highest BCUT2D eigenvalue weighted by Crippen LogP contribution is 2.68. The molecule has 0 spiro atoms. The summed E-state index contributed by atoms with van der Waals surface area (Å²) in [6.45, 7) is -0.986. The first-order valence-corrected chi connectivity index (χ1v) is 20.6. The van der Waals surface area contributed by atoms with E-state index in [4.69, 9.17) is 16.6 Å². The molecule has 0 aliphatic heterocycles. The molecule has 2 aliphatic rings. The minimum atomic E-state index is -3.91. The zero-order chi connectivity index (χ0) is 43.3. The molecule has 0 saturated heterocycles. The molecule has 7 aromatic rings. The summed E-state index contributed by atoms with van der Waals surface area (Å²) < 4.78 is 119. The van der Waals surface area contributed by atoms with Crippen molar-refractivity contribution in [1.29, 1.82) is 0 Å². The van der Waals surface area contributed by atoms with Gasteiger partial charge in [-0.2, -0.15) is 19.0 Å². The number of hydrogen-bond donors (Lipinski definition) is 2. The van der Waals surface area contributed by atoms with E-state index in [2.05, 4.69) is 30.2 Å². The minimum Gasteiger partial charge on any atom is -0.344 e. The van der Waals surface area contributed by atoms with Crippen molar-refractivity contribution in [1.82, 2.24) is 44.4 Å². The van der Waals surface area contributed by atoms with E-state index >= 15 is 8.78 Å². The molecule has 2 N–H and O–H groups in total. The van der Waals surface area contributed by atoms with Gasteiger partial charge in [0, 0.05) is 49.0 Å². The summed E-state index contributed by atoms with van der Waals surface area (Å²) in [5, 5.41) is 10.8. The van der Waals surface area contributed by atoms with Crippen LogP contribution in [0.25, 0.3) is 38.8 Å². The molecule has 1 amide bonds. The fraction of sp³-hybridized carbons (Fsp3) is 0.256. The molecule has 314 valence electrons. The molecule has 2 aliphatic carbocycles. The largest absolute Gasteiger partial charge is 0.344 e. The number of sulfonamides is 1. The van der Waals surface area contributed by atoms with Gasteiger partial charge in [-0.15, -0.1) is 0 Å². The van der Waals surface area contributed by atoms with Gasteiger partial charge in [-0.05, 0) is 54.3 Å². The van der Waals surface area contributed by atoms with Crippen molar-refractivity contribution in [3.05, 3.63) is 122 Å². The van der Waals surface area contributed by atoms with E-state index in [1.165, 1.54) is 54.6 Å². The van der Waals surface area contributed by atoms with Gasteiger partial charge in [-0.3, -0.25) is 38.2 Å². The highest BCUT2D eigenvalue weighted by molar-refractivity contribution is 7.92. The Morgan fingerprint density at radius 1 is 1.05 bits per heavy atom. The number of halogens is 7. The van der Waals surface area contributed by atoms with Crippen LogP contribution in [0.3, 0.4) is 0 Å². The maximum Gasteiger partial charge on any atom is 0.293 e. The van der Waals surface area contributed by atoms with E-state index in [0.29, 0.717) is 22.0 Å². The lowest BCUT2D eigenvalue weighted by Gasteiger charge is -2.24. The highest BCUT2D eigenvalue weighted by Gasteiger charge is 2.67. The van der Waals surface area contributed by atoms with Crippen LogP contribution in [0.2, 0.25) is 5.02 Å². The van der Waals surface area contributed by atoms with Crippen LogP contribution in [0, 0.1) is 17.6 Å². The van der Waals surface area contributed by atoms with Crippen molar-refractivity contribution in [2.75, 3.05) is 11.0 Å². The van der Waals surface area contributed by atoms with Gasteiger partial charge in [-0.25, -0.2) is 31.0 Å². The molecule has 4 aromatic heterocycles. The average Bonchev–Trinajstić information content (AvgIpc) is 3.73. The van der Waals surface area contributed by atoms with E-state index < -0.39 is 87.7 Å². The number of rotatable bonds is 11. The third-order valence-electron chi connectivity index (χ3n) is 10.7. The predicted molar refractivity (Wildman–Crippen MR) is 209 cm³/mol. The van der Waals surface area contributed by atoms with Gasteiger partial charge in [-0.1, -0.05) is 17.7 Å². The van der Waals surface area contributed by atoms with Crippen LogP contribution >= 0.6 is 11.6 Å². The molecular weight excluding hydrogens is 854 g/mol. The van der Waals surface area contributed by atoms with Crippen LogP contribution in [0.1, 0.15) is 53.1 Å². The van der Waals surface area contributed by atoms with Crippen molar-refractivity contribution < 1.29 is 39.6 Å². The van der Waals surface area contributed by atoms with E-state index in [-0.39, 0.29) is 61.7 Å². The standard InChI is InChI=1S/C39H29ClF6N10O4S/c1-54-33-28(6-5-24(40)31(33)36(52-54)53-61(2,59)60)56-37(50-25-12-18(3-4-21(25)38(56)58)27-15-47-7-8-48-27)26(11-17-9-19(41)13-20(42)10-17)49-29(57)16-55-34-30(32(51-55)35(43)44)22-14-23(22)39(34,45)46/h3-10,12-13,15,22-23,26,35H,11,14,16H2,1-2H3,(H,49,57)(H,52,53)/t22?,23-,26-/m0/s1. The molecule has 61 heavy (non-hydrogen) atoms. The van der Waals surface area contributed by atoms with E-state index in [1.807, 2.05) is 0 Å². The maximum absolute atomic E-state index is 15.5. The number of carbonyl (C=O) groups is 1. The molecule has 0 radical (unpaired) electrons. The number of alkyl halides is 4. The third-order valence-corrected chi connectivity index (χ3v) is 11.5. The Balaban J connectivity index is 1.26. The van der Waals surface area contributed by atoms with Crippen LogP contribution in [0.15, 0.2) is 71.9 Å². The lowest BCUT2D eigenvalue weighted by molar-refractivity contribution is -0.123. The summed E-state index contributed by atoms with van der Waals surface area (Å²) in [5.74, 6) is -9.06. The lowest BCUT2D eigenvalue weighted by Crippen LogP contribution is -2.38. The fourth-order valence-electron chi connectivity index (χ4n) is 8.19. The Hall–Kier alpha value is -6.35. The number of benzene rings is 3. The van der Waals surface area contributed by atoms with E-state index in [9.17, 15) is 35.6 Å². The maximum atomic E-state index is 15.5. The number of aromatic nitrogens is 8. The number of amides is 1. The monoisotopic (exact) mass is 882 g/mol. The van der Waals surface area contributed by atoms with Crippen molar-refractivity contribution >= 4 is 55.2 Å². The van der Waals surface area contributed by atoms with E-state index in [1.54, 1.807) is 6.07 Å². The van der Waals surface area contributed by atoms with Crippen molar-refractivity contribution in [2.45, 2.75) is 43.7 Å². The van der Waals surface area contributed by atoms with Crippen LogP contribution in [0.5, 0.6) is 0 Å². The molecule has 3 aromatic carbocycles.